The van der Waals surface area contributed by atoms with Gasteiger partial charge in [0.25, 0.3) is 10.0 Å². The van der Waals surface area contributed by atoms with Gasteiger partial charge in [-0.05, 0) is 67.6 Å². The van der Waals surface area contributed by atoms with Crippen LogP contribution < -0.4 is 9.62 Å². The third kappa shape index (κ3) is 7.46. The maximum atomic E-state index is 14.1. The fourth-order valence-electron chi connectivity index (χ4n) is 5.10. The Balaban J connectivity index is 1.72. The molecule has 4 rings (SSSR count). The van der Waals surface area contributed by atoms with E-state index in [1.54, 1.807) is 55.5 Å². The summed E-state index contributed by atoms with van der Waals surface area (Å²) in [7, 11) is -4.14. The van der Waals surface area contributed by atoms with Crippen molar-refractivity contribution in [2.45, 2.75) is 75.9 Å². The summed E-state index contributed by atoms with van der Waals surface area (Å²) >= 11 is 12.9. The minimum absolute atomic E-state index is 0.0511. The summed E-state index contributed by atoms with van der Waals surface area (Å²) in [6.07, 6.45) is 3.86. The molecule has 7 nitrogen and oxygen atoms in total. The first-order chi connectivity index (χ1) is 20.0. The van der Waals surface area contributed by atoms with Gasteiger partial charge >= 0.3 is 0 Å². The molecular formula is C32H37Cl2N3O4S. The predicted octanol–water partition coefficient (Wildman–Crippen LogP) is 6.79. The maximum Gasteiger partial charge on any atom is 0.264 e. The van der Waals surface area contributed by atoms with Gasteiger partial charge in [-0.1, -0.05) is 86.3 Å². The van der Waals surface area contributed by atoms with Crippen LogP contribution in [-0.2, 0) is 26.2 Å². The monoisotopic (exact) mass is 629 g/mol. The van der Waals surface area contributed by atoms with Crippen molar-refractivity contribution >= 4 is 50.7 Å². The van der Waals surface area contributed by atoms with Crippen molar-refractivity contribution in [1.82, 2.24) is 10.2 Å². The quantitative estimate of drug-likeness (QED) is 0.253. The van der Waals surface area contributed by atoms with E-state index in [4.69, 9.17) is 23.2 Å². The van der Waals surface area contributed by atoms with Crippen LogP contribution in [0.1, 0.15) is 63.5 Å². The lowest BCUT2D eigenvalue weighted by Crippen LogP contribution is -2.52. The molecule has 224 valence electrons. The van der Waals surface area contributed by atoms with Crippen molar-refractivity contribution in [3.05, 3.63) is 94.0 Å². The first-order valence-corrected chi connectivity index (χ1v) is 16.4. The molecular weight excluding hydrogens is 593 g/mol. The molecule has 0 heterocycles. The van der Waals surface area contributed by atoms with Crippen LogP contribution in [0.4, 0.5) is 5.69 Å². The van der Waals surface area contributed by atoms with E-state index in [1.165, 1.54) is 17.0 Å². The topological polar surface area (TPSA) is 86.8 Å². The third-order valence-corrected chi connectivity index (χ3v) is 10.2. The number of nitrogens with zero attached hydrogens (tertiary/aromatic N) is 2. The van der Waals surface area contributed by atoms with Crippen LogP contribution in [0.15, 0.2) is 77.7 Å². The molecule has 3 aromatic rings. The molecule has 0 radical (unpaired) electrons. The molecule has 1 aliphatic carbocycles. The van der Waals surface area contributed by atoms with Crippen molar-refractivity contribution in [2.24, 2.45) is 0 Å². The van der Waals surface area contributed by atoms with Gasteiger partial charge in [-0.15, -0.1) is 0 Å². The number of amides is 2. The number of nitrogens with one attached hydrogen (secondary N) is 1. The van der Waals surface area contributed by atoms with E-state index >= 15 is 0 Å². The molecule has 1 atom stereocenters. The van der Waals surface area contributed by atoms with Crippen molar-refractivity contribution in [3.8, 4) is 0 Å². The van der Waals surface area contributed by atoms with E-state index in [9.17, 15) is 18.0 Å². The molecule has 3 aromatic carbocycles. The average Bonchev–Trinajstić information content (AvgIpc) is 3.49. The molecule has 0 saturated heterocycles. The van der Waals surface area contributed by atoms with Gasteiger partial charge in [0.15, 0.2) is 0 Å². The highest BCUT2D eigenvalue weighted by Gasteiger charge is 2.34. The zero-order valence-electron chi connectivity index (χ0n) is 24.1. The Kier molecular flexibility index (Phi) is 10.6. The van der Waals surface area contributed by atoms with E-state index < -0.39 is 28.5 Å². The molecule has 0 aromatic heterocycles. The highest BCUT2D eigenvalue weighted by Crippen LogP contribution is 2.29. The van der Waals surface area contributed by atoms with Gasteiger partial charge in [-0.25, -0.2) is 8.42 Å². The normalized spacial score (nSPS) is 14.5. The second kappa shape index (κ2) is 13.9. The van der Waals surface area contributed by atoms with Crippen LogP contribution in [-0.4, -0.2) is 43.8 Å². The molecule has 0 spiro atoms. The number of rotatable bonds is 11. The van der Waals surface area contributed by atoms with Crippen LogP contribution in [0.5, 0.6) is 0 Å². The Bertz CT molecular complexity index is 1470. The Hall–Kier alpha value is -3.07. The lowest BCUT2D eigenvalue weighted by molar-refractivity contribution is -0.139. The van der Waals surface area contributed by atoms with E-state index in [2.05, 4.69) is 5.32 Å². The summed E-state index contributed by atoms with van der Waals surface area (Å²) in [4.78, 5) is 28.9. The van der Waals surface area contributed by atoms with Gasteiger partial charge in [-0.3, -0.25) is 13.9 Å². The van der Waals surface area contributed by atoms with Crippen molar-refractivity contribution in [3.63, 3.8) is 0 Å². The Morgan fingerprint density at radius 2 is 1.48 bits per heavy atom. The zero-order valence-corrected chi connectivity index (χ0v) is 26.4. The van der Waals surface area contributed by atoms with Gasteiger partial charge < -0.3 is 10.2 Å². The van der Waals surface area contributed by atoms with E-state index in [0.29, 0.717) is 21.3 Å². The standard InChI is InChI=1S/C32H37Cl2N3O4S/c1-22(2)24-16-18-26(19-17-24)37(42(40,41)27-12-5-4-6-13-27)21-31(38)36(20-28-29(33)14-9-15-30(28)34)23(3)32(39)35-25-10-7-8-11-25/h4-6,9,12-19,22-23,25H,7-8,10-11,20-21H2,1-3H3,(H,35,39)/t23-/m1/s1. The molecule has 2 amide bonds. The third-order valence-electron chi connectivity index (χ3n) is 7.72. The highest BCUT2D eigenvalue weighted by atomic mass is 35.5. The van der Waals surface area contributed by atoms with E-state index in [1.807, 2.05) is 26.0 Å². The van der Waals surface area contributed by atoms with Gasteiger partial charge in [-0.2, -0.15) is 0 Å². The fraction of sp³-hybridized carbons (Fsp3) is 0.375. The first kappa shape index (κ1) is 31.9. The zero-order chi connectivity index (χ0) is 30.4. The van der Waals surface area contributed by atoms with E-state index in [0.717, 1.165) is 35.6 Å². The molecule has 1 aliphatic rings. The number of sulfonamides is 1. The fourth-order valence-corrected chi connectivity index (χ4v) is 7.05. The van der Waals surface area contributed by atoms with Gasteiger partial charge in [0, 0.05) is 28.2 Å². The van der Waals surface area contributed by atoms with Gasteiger partial charge in [0.2, 0.25) is 11.8 Å². The predicted molar refractivity (Wildman–Crippen MR) is 168 cm³/mol. The molecule has 0 bridgehead atoms. The molecule has 10 heteroatoms. The second-order valence-electron chi connectivity index (χ2n) is 11.0. The van der Waals surface area contributed by atoms with Crippen molar-refractivity contribution in [2.75, 3.05) is 10.8 Å². The molecule has 1 N–H and O–H groups in total. The summed E-state index contributed by atoms with van der Waals surface area (Å²) in [6, 6.07) is 19.3. The Morgan fingerprint density at radius 1 is 0.881 bits per heavy atom. The maximum absolute atomic E-state index is 14.1. The number of hydrogen-bond donors (Lipinski definition) is 1. The average molecular weight is 631 g/mol. The van der Waals surface area contributed by atoms with E-state index in [-0.39, 0.29) is 29.3 Å². The van der Waals surface area contributed by atoms with Crippen LogP contribution in [0.25, 0.3) is 0 Å². The highest BCUT2D eigenvalue weighted by molar-refractivity contribution is 7.92. The lowest BCUT2D eigenvalue weighted by atomic mass is 10.0. The van der Waals surface area contributed by atoms with Crippen LogP contribution in [0.3, 0.4) is 0 Å². The van der Waals surface area contributed by atoms with Crippen molar-refractivity contribution < 1.29 is 18.0 Å². The van der Waals surface area contributed by atoms with Crippen molar-refractivity contribution in [1.29, 1.82) is 0 Å². The largest absolute Gasteiger partial charge is 0.352 e. The summed E-state index contributed by atoms with van der Waals surface area (Å²) in [5.74, 6) is -0.625. The number of carbonyl (C=O) groups excluding carboxylic acids is 2. The van der Waals surface area contributed by atoms with Crippen LogP contribution in [0, 0.1) is 0 Å². The molecule has 1 saturated carbocycles. The lowest BCUT2D eigenvalue weighted by Gasteiger charge is -2.33. The number of halogens is 2. The molecule has 1 fully saturated rings. The van der Waals surface area contributed by atoms with Crippen LogP contribution >= 0.6 is 23.2 Å². The number of hydrogen-bond acceptors (Lipinski definition) is 4. The molecule has 42 heavy (non-hydrogen) atoms. The minimum atomic E-state index is -4.14. The van der Waals surface area contributed by atoms with Gasteiger partial charge in [0.1, 0.15) is 12.6 Å². The van der Waals surface area contributed by atoms with Crippen LogP contribution in [0.2, 0.25) is 10.0 Å². The minimum Gasteiger partial charge on any atom is -0.352 e. The molecule has 0 aliphatic heterocycles. The Labute approximate surface area is 258 Å². The smallest absolute Gasteiger partial charge is 0.264 e. The SMILES string of the molecule is CC(C)c1ccc(N(CC(=O)N(Cc2c(Cl)cccc2Cl)[C@H](C)C(=O)NC2CCCC2)S(=O)(=O)c2ccccc2)cc1. The summed E-state index contributed by atoms with van der Waals surface area (Å²) in [6.45, 7) is 5.14. The summed E-state index contributed by atoms with van der Waals surface area (Å²) in [5, 5.41) is 3.75. The van der Waals surface area contributed by atoms with Gasteiger partial charge in [0.05, 0.1) is 10.6 Å². The number of benzene rings is 3. The first-order valence-electron chi connectivity index (χ1n) is 14.2. The number of anilines is 1. The number of carbonyl (C=O) groups is 2. The summed E-state index contributed by atoms with van der Waals surface area (Å²) < 4.78 is 29.0. The summed E-state index contributed by atoms with van der Waals surface area (Å²) in [5.41, 5.74) is 1.86. The molecule has 0 unspecified atom stereocenters. The second-order valence-corrected chi connectivity index (χ2v) is 13.6. The Morgan fingerprint density at radius 3 is 2.05 bits per heavy atom.